The number of phenols is 1. The predicted molar refractivity (Wildman–Crippen MR) is 66.9 cm³/mol. The summed E-state index contributed by atoms with van der Waals surface area (Å²) in [6.45, 7) is 1.50. The monoisotopic (exact) mass is 228 g/mol. The number of phenolic OH excluding ortho intramolecular Hbond substituents is 1. The van der Waals surface area contributed by atoms with Crippen molar-refractivity contribution < 1.29 is 15.0 Å². The molecule has 0 aromatic heterocycles. The molecular formula is C14H12O3. The lowest BCUT2D eigenvalue weighted by Crippen LogP contribution is -1.95. The lowest BCUT2D eigenvalue weighted by atomic mass is 10.0. The van der Waals surface area contributed by atoms with Crippen LogP contribution in [0.25, 0.3) is 16.8 Å². The Morgan fingerprint density at radius 1 is 1.18 bits per heavy atom. The molecule has 0 unspecified atom stereocenters. The third-order valence-electron chi connectivity index (χ3n) is 2.60. The van der Waals surface area contributed by atoms with Crippen LogP contribution < -0.4 is 0 Å². The molecule has 0 saturated carbocycles. The number of rotatable bonds is 2. The van der Waals surface area contributed by atoms with E-state index >= 15 is 0 Å². The summed E-state index contributed by atoms with van der Waals surface area (Å²) >= 11 is 0. The van der Waals surface area contributed by atoms with Crippen molar-refractivity contribution in [2.45, 2.75) is 6.92 Å². The molecule has 2 rings (SSSR count). The highest BCUT2D eigenvalue weighted by Gasteiger charge is 2.05. The molecule has 0 saturated heterocycles. The van der Waals surface area contributed by atoms with Crippen LogP contribution in [0.2, 0.25) is 0 Å². The molecule has 0 heterocycles. The van der Waals surface area contributed by atoms with Gasteiger partial charge in [-0.3, -0.25) is 0 Å². The predicted octanol–water partition coefficient (Wildman–Crippen LogP) is 3.03. The zero-order valence-electron chi connectivity index (χ0n) is 9.34. The molecule has 0 aliphatic heterocycles. The number of aliphatic carboxylic acids is 1. The Bertz CT molecular complexity index is 612. The Kier molecular flexibility index (Phi) is 2.83. The van der Waals surface area contributed by atoms with E-state index in [2.05, 4.69) is 0 Å². The van der Waals surface area contributed by atoms with Crippen molar-refractivity contribution in [3.05, 3.63) is 47.5 Å². The quantitative estimate of drug-likeness (QED) is 0.777. The highest BCUT2D eigenvalue weighted by molar-refractivity contribution is 5.94. The average Bonchev–Trinajstić information content (AvgIpc) is 2.29. The first kappa shape index (κ1) is 11.2. The van der Waals surface area contributed by atoms with Crippen LogP contribution in [0.4, 0.5) is 0 Å². The molecule has 17 heavy (non-hydrogen) atoms. The van der Waals surface area contributed by atoms with Crippen LogP contribution in [0.5, 0.6) is 5.75 Å². The molecule has 0 spiro atoms. The first-order valence-electron chi connectivity index (χ1n) is 5.21. The van der Waals surface area contributed by atoms with Crippen LogP contribution in [-0.4, -0.2) is 16.2 Å². The van der Waals surface area contributed by atoms with Crippen molar-refractivity contribution in [2.24, 2.45) is 0 Å². The van der Waals surface area contributed by atoms with Crippen LogP contribution in [0.15, 0.2) is 42.0 Å². The van der Waals surface area contributed by atoms with Gasteiger partial charge >= 0.3 is 5.97 Å². The van der Waals surface area contributed by atoms with Gasteiger partial charge in [-0.1, -0.05) is 24.3 Å². The number of fused-ring (bicyclic) bond motifs is 1. The number of benzene rings is 2. The maximum absolute atomic E-state index is 10.7. The molecule has 0 atom stereocenters. The molecule has 0 aliphatic carbocycles. The van der Waals surface area contributed by atoms with Crippen molar-refractivity contribution in [3.8, 4) is 5.75 Å². The maximum atomic E-state index is 10.7. The summed E-state index contributed by atoms with van der Waals surface area (Å²) in [5.41, 5.74) is 0.708. The topological polar surface area (TPSA) is 57.5 Å². The van der Waals surface area contributed by atoms with Crippen LogP contribution in [0.1, 0.15) is 12.5 Å². The zero-order valence-corrected chi connectivity index (χ0v) is 9.34. The Morgan fingerprint density at radius 3 is 2.35 bits per heavy atom. The molecular weight excluding hydrogens is 216 g/mol. The highest BCUT2D eigenvalue weighted by Crippen LogP contribution is 2.26. The third-order valence-corrected chi connectivity index (χ3v) is 2.60. The molecule has 3 nitrogen and oxygen atoms in total. The average molecular weight is 228 g/mol. The second-order valence-corrected chi connectivity index (χ2v) is 3.89. The number of carboxylic acid groups (broad SMARTS) is 1. The van der Waals surface area contributed by atoms with E-state index in [0.717, 1.165) is 10.8 Å². The highest BCUT2D eigenvalue weighted by atomic mass is 16.4. The summed E-state index contributed by atoms with van der Waals surface area (Å²) in [5.74, 6) is -0.901. The Hall–Kier alpha value is -2.29. The molecule has 0 amide bonds. The smallest absolute Gasteiger partial charge is 0.331 e. The van der Waals surface area contributed by atoms with Gasteiger partial charge in [0.2, 0.25) is 0 Å². The van der Waals surface area contributed by atoms with E-state index in [9.17, 15) is 9.90 Å². The van der Waals surface area contributed by atoms with E-state index in [1.807, 2.05) is 24.3 Å². The fourth-order valence-electron chi connectivity index (χ4n) is 1.66. The van der Waals surface area contributed by atoms with Crippen molar-refractivity contribution in [1.29, 1.82) is 0 Å². The van der Waals surface area contributed by atoms with Crippen molar-refractivity contribution in [1.82, 2.24) is 0 Å². The van der Waals surface area contributed by atoms with Gasteiger partial charge in [-0.25, -0.2) is 4.79 Å². The number of hydrogen-bond donors (Lipinski definition) is 2. The van der Waals surface area contributed by atoms with Crippen molar-refractivity contribution in [2.75, 3.05) is 0 Å². The second kappa shape index (κ2) is 4.29. The normalized spacial score (nSPS) is 11.7. The SMILES string of the molecule is C/C(=C\c1cc2ccccc2cc1O)C(=O)O. The van der Waals surface area contributed by atoms with Gasteiger partial charge in [-0.2, -0.15) is 0 Å². The summed E-state index contributed by atoms with van der Waals surface area (Å²) < 4.78 is 0. The van der Waals surface area contributed by atoms with E-state index < -0.39 is 5.97 Å². The van der Waals surface area contributed by atoms with Crippen LogP contribution in [0.3, 0.4) is 0 Å². The molecule has 0 radical (unpaired) electrons. The molecule has 0 fully saturated rings. The number of carbonyl (C=O) groups is 1. The lowest BCUT2D eigenvalue weighted by Gasteiger charge is -2.03. The molecule has 2 aromatic rings. The van der Waals surface area contributed by atoms with Gasteiger partial charge in [0.05, 0.1) is 0 Å². The summed E-state index contributed by atoms with van der Waals surface area (Å²) in [4.78, 5) is 10.7. The Balaban J connectivity index is 2.59. The Labute approximate surface area is 98.6 Å². The molecule has 2 aromatic carbocycles. The molecule has 3 heteroatoms. The van der Waals surface area contributed by atoms with Crippen LogP contribution >= 0.6 is 0 Å². The van der Waals surface area contributed by atoms with Gasteiger partial charge in [0.15, 0.2) is 0 Å². The molecule has 2 N–H and O–H groups in total. The van der Waals surface area contributed by atoms with Gasteiger partial charge in [0, 0.05) is 11.1 Å². The van der Waals surface area contributed by atoms with Crippen LogP contribution in [-0.2, 0) is 4.79 Å². The van der Waals surface area contributed by atoms with Crippen molar-refractivity contribution >= 4 is 22.8 Å². The van der Waals surface area contributed by atoms with E-state index in [1.165, 1.54) is 13.0 Å². The zero-order chi connectivity index (χ0) is 12.4. The summed E-state index contributed by atoms with van der Waals surface area (Å²) in [7, 11) is 0. The Morgan fingerprint density at radius 2 is 1.76 bits per heavy atom. The van der Waals surface area contributed by atoms with Gasteiger partial charge in [0.1, 0.15) is 5.75 Å². The lowest BCUT2D eigenvalue weighted by molar-refractivity contribution is -0.132. The number of carboxylic acids is 1. The minimum absolute atomic E-state index is 0.0873. The number of hydrogen-bond acceptors (Lipinski definition) is 2. The van der Waals surface area contributed by atoms with Crippen molar-refractivity contribution in [3.63, 3.8) is 0 Å². The summed E-state index contributed by atoms with van der Waals surface area (Å²) in [6.07, 6.45) is 1.46. The van der Waals surface area contributed by atoms with Gasteiger partial charge in [-0.05, 0) is 35.9 Å². The minimum atomic E-state index is -0.988. The van der Waals surface area contributed by atoms with E-state index in [1.54, 1.807) is 12.1 Å². The second-order valence-electron chi connectivity index (χ2n) is 3.89. The van der Waals surface area contributed by atoms with Gasteiger partial charge in [0.25, 0.3) is 0 Å². The molecule has 86 valence electrons. The van der Waals surface area contributed by atoms with Gasteiger partial charge < -0.3 is 10.2 Å². The largest absolute Gasteiger partial charge is 0.507 e. The maximum Gasteiger partial charge on any atom is 0.331 e. The first-order chi connectivity index (χ1) is 8.08. The standard InChI is InChI=1S/C14H12O3/c1-9(14(16)17)6-12-7-10-4-2-3-5-11(10)8-13(12)15/h2-8,15H,1H3,(H,16,17)/b9-6+. The van der Waals surface area contributed by atoms with E-state index in [-0.39, 0.29) is 11.3 Å². The molecule has 0 aliphatic rings. The minimum Gasteiger partial charge on any atom is -0.507 e. The summed E-state index contributed by atoms with van der Waals surface area (Å²) in [6, 6.07) is 11.0. The fourth-order valence-corrected chi connectivity index (χ4v) is 1.66. The van der Waals surface area contributed by atoms with Crippen LogP contribution in [0, 0.1) is 0 Å². The molecule has 0 bridgehead atoms. The van der Waals surface area contributed by atoms with Gasteiger partial charge in [-0.15, -0.1) is 0 Å². The summed E-state index contributed by atoms with van der Waals surface area (Å²) in [5, 5.41) is 20.5. The first-order valence-corrected chi connectivity index (χ1v) is 5.21. The van der Waals surface area contributed by atoms with E-state index in [0.29, 0.717) is 5.56 Å². The third kappa shape index (κ3) is 2.28. The van der Waals surface area contributed by atoms with E-state index in [4.69, 9.17) is 5.11 Å². The fraction of sp³-hybridized carbons (Fsp3) is 0.0714. The number of aromatic hydroxyl groups is 1.